The highest BCUT2D eigenvalue weighted by Gasteiger charge is 2.30. The third-order valence-corrected chi connectivity index (χ3v) is 5.51. The van der Waals surface area contributed by atoms with Crippen molar-refractivity contribution in [3.8, 4) is 23.0 Å². The number of aryl methyl sites for hydroxylation is 1. The number of allylic oxidation sites excluding steroid dienone is 1. The quantitative estimate of drug-likeness (QED) is 0.288. The first-order valence-corrected chi connectivity index (χ1v) is 10.6. The summed E-state index contributed by atoms with van der Waals surface area (Å²) in [4.78, 5) is 25.6. The molecule has 0 amide bonds. The Labute approximate surface area is 192 Å². The largest absolute Gasteiger partial charge is 0.497 e. The summed E-state index contributed by atoms with van der Waals surface area (Å²) in [6, 6.07) is 16.0. The summed E-state index contributed by atoms with van der Waals surface area (Å²) in [6.45, 7) is 3.84. The Morgan fingerprint density at radius 1 is 0.970 bits per heavy atom. The minimum absolute atomic E-state index is 0.205. The maximum Gasteiger partial charge on any atom is 0.343 e. The van der Waals surface area contributed by atoms with E-state index in [1.54, 1.807) is 43.3 Å². The summed E-state index contributed by atoms with van der Waals surface area (Å²) in [5.74, 6) is 1.10. The van der Waals surface area contributed by atoms with E-state index in [4.69, 9.17) is 18.9 Å². The molecule has 3 aromatic carbocycles. The molecular weight excluding hydrogens is 420 g/mol. The van der Waals surface area contributed by atoms with Gasteiger partial charge in [0.2, 0.25) is 5.78 Å². The standard InChI is InChI=1S/C27H24O6/c1-5-17-6-8-18(9-7-17)12-24-25(28)22-10-11-23(16(2)26(22)32-24)33-27(29)19-13-20(30-3)15-21(14-19)31-4/h6-15H,5H2,1-4H3/b24-12-. The molecule has 6 nitrogen and oxygen atoms in total. The molecule has 0 aromatic heterocycles. The lowest BCUT2D eigenvalue weighted by atomic mass is 10.0. The Balaban J connectivity index is 1.59. The second-order valence-electron chi connectivity index (χ2n) is 7.59. The van der Waals surface area contributed by atoms with Gasteiger partial charge in [-0.3, -0.25) is 4.79 Å². The number of fused-ring (bicyclic) bond motifs is 1. The molecule has 0 bridgehead atoms. The van der Waals surface area contributed by atoms with Gasteiger partial charge < -0.3 is 18.9 Å². The summed E-state index contributed by atoms with van der Waals surface area (Å²) in [5.41, 5.74) is 3.37. The van der Waals surface area contributed by atoms with Crippen LogP contribution >= 0.6 is 0 Å². The van der Waals surface area contributed by atoms with Crippen LogP contribution in [0.25, 0.3) is 6.08 Å². The fourth-order valence-corrected chi connectivity index (χ4v) is 3.56. The molecule has 0 aliphatic carbocycles. The summed E-state index contributed by atoms with van der Waals surface area (Å²) in [5, 5.41) is 0. The predicted molar refractivity (Wildman–Crippen MR) is 124 cm³/mol. The monoisotopic (exact) mass is 444 g/mol. The van der Waals surface area contributed by atoms with Crippen molar-refractivity contribution in [1.29, 1.82) is 0 Å². The highest BCUT2D eigenvalue weighted by Crippen LogP contribution is 2.39. The van der Waals surface area contributed by atoms with E-state index >= 15 is 0 Å². The zero-order valence-corrected chi connectivity index (χ0v) is 18.9. The van der Waals surface area contributed by atoms with Gasteiger partial charge in [-0.2, -0.15) is 0 Å². The minimum atomic E-state index is -0.577. The van der Waals surface area contributed by atoms with Gasteiger partial charge >= 0.3 is 5.97 Å². The van der Waals surface area contributed by atoms with Crippen LogP contribution in [0, 0.1) is 6.92 Å². The Kier molecular flexibility index (Phi) is 6.18. The molecule has 6 heteroatoms. The predicted octanol–water partition coefficient (Wildman–Crippen LogP) is 5.41. The molecule has 0 spiro atoms. The molecule has 33 heavy (non-hydrogen) atoms. The summed E-state index contributed by atoms with van der Waals surface area (Å²) < 4.78 is 21.9. The number of ketones is 1. The van der Waals surface area contributed by atoms with Crippen LogP contribution in [0.3, 0.4) is 0 Å². The van der Waals surface area contributed by atoms with Crippen LogP contribution in [0.5, 0.6) is 23.0 Å². The number of carbonyl (C=O) groups excluding carboxylic acids is 2. The van der Waals surface area contributed by atoms with Crippen molar-refractivity contribution < 1.29 is 28.5 Å². The lowest BCUT2D eigenvalue weighted by molar-refractivity contribution is 0.0732. The lowest BCUT2D eigenvalue weighted by Gasteiger charge is -2.11. The van der Waals surface area contributed by atoms with E-state index in [0.29, 0.717) is 34.1 Å². The van der Waals surface area contributed by atoms with Crippen LogP contribution < -0.4 is 18.9 Å². The fourth-order valence-electron chi connectivity index (χ4n) is 3.56. The molecule has 0 saturated heterocycles. The van der Waals surface area contributed by atoms with Crippen LogP contribution in [0.1, 0.15) is 44.3 Å². The number of Topliss-reactive ketones (excluding diaryl/α,β-unsaturated/α-hetero) is 1. The molecule has 4 rings (SSSR count). The average molecular weight is 444 g/mol. The zero-order chi connectivity index (χ0) is 23.5. The number of benzene rings is 3. The van der Waals surface area contributed by atoms with Gasteiger partial charge in [0, 0.05) is 11.6 Å². The molecule has 1 aliphatic heterocycles. The third kappa shape index (κ3) is 4.46. The number of hydrogen-bond acceptors (Lipinski definition) is 6. The summed E-state index contributed by atoms with van der Waals surface area (Å²) >= 11 is 0. The number of rotatable bonds is 6. The highest BCUT2D eigenvalue weighted by atomic mass is 16.5. The van der Waals surface area contributed by atoms with Gasteiger partial charge in [-0.15, -0.1) is 0 Å². The highest BCUT2D eigenvalue weighted by molar-refractivity contribution is 6.15. The molecular formula is C27H24O6. The van der Waals surface area contributed by atoms with E-state index in [-0.39, 0.29) is 17.1 Å². The number of ether oxygens (including phenoxy) is 4. The minimum Gasteiger partial charge on any atom is -0.497 e. The zero-order valence-electron chi connectivity index (χ0n) is 18.9. The van der Waals surface area contributed by atoms with Crippen LogP contribution in [-0.2, 0) is 6.42 Å². The van der Waals surface area contributed by atoms with Crippen LogP contribution in [0.4, 0.5) is 0 Å². The van der Waals surface area contributed by atoms with E-state index in [2.05, 4.69) is 6.92 Å². The molecule has 0 atom stereocenters. The van der Waals surface area contributed by atoms with Gasteiger partial charge in [0.15, 0.2) is 5.76 Å². The smallest absolute Gasteiger partial charge is 0.343 e. The van der Waals surface area contributed by atoms with Crippen molar-refractivity contribution in [3.63, 3.8) is 0 Å². The number of methoxy groups -OCH3 is 2. The van der Waals surface area contributed by atoms with Crippen molar-refractivity contribution in [2.75, 3.05) is 14.2 Å². The lowest BCUT2D eigenvalue weighted by Crippen LogP contribution is -2.10. The van der Waals surface area contributed by atoms with Crippen LogP contribution in [0.15, 0.2) is 60.4 Å². The van der Waals surface area contributed by atoms with E-state index in [9.17, 15) is 9.59 Å². The maximum absolute atomic E-state index is 12.8. The van der Waals surface area contributed by atoms with Gasteiger partial charge in [0.25, 0.3) is 0 Å². The first-order valence-electron chi connectivity index (χ1n) is 10.6. The van der Waals surface area contributed by atoms with Gasteiger partial charge in [-0.05, 0) is 54.8 Å². The molecule has 168 valence electrons. The molecule has 1 aliphatic rings. The number of hydrogen-bond donors (Lipinski definition) is 0. The van der Waals surface area contributed by atoms with Crippen molar-refractivity contribution in [2.45, 2.75) is 20.3 Å². The number of carbonyl (C=O) groups is 2. The maximum atomic E-state index is 12.8. The molecule has 1 heterocycles. The summed E-state index contributed by atoms with van der Waals surface area (Å²) in [7, 11) is 3.01. The van der Waals surface area contributed by atoms with E-state index in [1.807, 2.05) is 24.3 Å². The summed E-state index contributed by atoms with van der Waals surface area (Å²) in [6.07, 6.45) is 2.66. The van der Waals surface area contributed by atoms with Gasteiger partial charge in [-0.1, -0.05) is 31.2 Å². The Hall–Kier alpha value is -4.06. The molecule has 0 saturated carbocycles. The van der Waals surface area contributed by atoms with Gasteiger partial charge in [0.05, 0.1) is 25.3 Å². The Morgan fingerprint density at radius 3 is 2.24 bits per heavy atom. The van der Waals surface area contributed by atoms with Crippen molar-refractivity contribution in [2.24, 2.45) is 0 Å². The average Bonchev–Trinajstić information content (AvgIpc) is 3.16. The normalized spacial score (nSPS) is 13.5. The molecule has 0 N–H and O–H groups in total. The fraction of sp³-hybridized carbons (Fsp3) is 0.185. The van der Waals surface area contributed by atoms with Gasteiger partial charge in [-0.25, -0.2) is 4.79 Å². The number of esters is 1. The van der Waals surface area contributed by atoms with Crippen molar-refractivity contribution >= 4 is 17.8 Å². The van der Waals surface area contributed by atoms with Crippen LogP contribution in [0.2, 0.25) is 0 Å². The Morgan fingerprint density at radius 2 is 1.64 bits per heavy atom. The van der Waals surface area contributed by atoms with Crippen LogP contribution in [-0.4, -0.2) is 26.0 Å². The second-order valence-corrected chi connectivity index (χ2v) is 7.59. The van der Waals surface area contributed by atoms with Gasteiger partial charge in [0.1, 0.15) is 23.0 Å². The molecule has 3 aromatic rings. The van der Waals surface area contributed by atoms with Crippen molar-refractivity contribution in [1.82, 2.24) is 0 Å². The van der Waals surface area contributed by atoms with Crippen molar-refractivity contribution in [3.05, 3.63) is 88.2 Å². The van der Waals surface area contributed by atoms with E-state index in [0.717, 1.165) is 12.0 Å². The third-order valence-electron chi connectivity index (χ3n) is 5.51. The first-order chi connectivity index (χ1) is 15.9. The second kappa shape index (κ2) is 9.20. The Bertz CT molecular complexity index is 1230. The topological polar surface area (TPSA) is 71.1 Å². The molecule has 0 fully saturated rings. The van der Waals surface area contributed by atoms with E-state index in [1.165, 1.54) is 19.8 Å². The molecule has 0 unspecified atom stereocenters. The molecule has 0 radical (unpaired) electrons. The SMILES string of the molecule is CCc1ccc(/C=C2\Oc3c(ccc(OC(=O)c4cc(OC)cc(OC)c4)c3C)C2=O)cc1. The first kappa shape index (κ1) is 22.1. The van der Waals surface area contributed by atoms with E-state index < -0.39 is 5.97 Å².